The molecule has 0 aliphatic carbocycles. The minimum atomic E-state index is -0.406. The zero-order valence-electron chi connectivity index (χ0n) is 19.5. The first-order valence-electron chi connectivity index (χ1n) is 11.5. The molecule has 35 heavy (non-hydrogen) atoms. The van der Waals surface area contributed by atoms with Crippen LogP contribution in [0.15, 0.2) is 72.9 Å². The van der Waals surface area contributed by atoms with Crippen molar-refractivity contribution < 1.29 is 9.53 Å². The number of esters is 1. The van der Waals surface area contributed by atoms with Gasteiger partial charge >= 0.3 is 5.97 Å². The number of pyridine rings is 1. The van der Waals surface area contributed by atoms with E-state index in [0.29, 0.717) is 31.6 Å². The molecule has 5 rings (SSSR count). The summed E-state index contributed by atoms with van der Waals surface area (Å²) in [7, 11) is 1.35. The zero-order chi connectivity index (χ0) is 24.2. The molecule has 1 aliphatic heterocycles. The second-order valence-corrected chi connectivity index (χ2v) is 8.40. The van der Waals surface area contributed by atoms with E-state index in [-0.39, 0.29) is 6.04 Å². The minimum absolute atomic E-state index is 0.205. The summed E-state index contributed by atoms with van der Waals surface area (Å²) in [6, 6.07) is 21.9. The van der Waals surface area contributed by atoms with Crippen molar-refractivity contribution in [2.24, 2.45) is 0 Å². The largest absolute Gasteiger partial charge is 0.465 e. The molecule has 4 aromatic rings. The maximum atomic E-state index is 11.7. The van der Waals surface area contributed by atoms with Crippen molar-refractivity contribution in [1.82, 2.24) is 15.2 Å². The Morgan fingerprint density at radius 2 is 1.80 bits per heavy atom. The molecule has 7 nitrogen and oxygen atoms in total. The fraction of sp³-hybridized carbons (Fsp3) is 0.214. The Kier molecular flexibility index (Phi) is 6.27. The number of carbonyl (C=O) groups excluding carboxylic acids is 1. The van der Waals surface area contributed by atoms with Crippen molar-refractivity contribution in [1.29, 1.82) is 0 Å². The number of terminal acetylenes is 1. The zero-order valence-corrected chi connectivity index (χ0v) is 19.5. The van der Waals surface area contributed by atoms with Crippen LogP contribution in [0.2, 0.25) is 0 Å². The average molecular weight is 464 g/mol. The maximum absolute atomic E-state index is 11.7. The maximum Gasteiger partial charge on any atom is 0.339 e. The van der Waals surface area contributed by atoms with Gasteiger partial charge in [-0.1, -0.05) is 60.5 Å². The van der Waals surface area contributed by atoms with Crippen molar-refractivity contribution in [2.75, 3.05) is 36.5 Å². The third-order valence-electron chi connectivity index (χ3n) is 6.30. The first kappa shape index (κ1) is 22.4. The van der Waals surface area contributed by atoms with Gasteiger partial charge in [0.05, 0.1) is 24.9 Å². The molecular weight excluding hydrogens is 438 g/mol. The summed E-state index contributed by atoms with van der Waals surface area (Å²) in [5.74, 6) is 4.09. The van der Waals surface area contributed by atoms with Gasteiger partial charge < -0.3 is 14.5 Å². The predicted octanol–water partition coefficient (Wildman–Crippen LogP) is 3.73. The lowest BCUT2D eigenvalue weighted by atomic mass is 10.0. The van der Waals surface area contributed by atoms with Gasteiger partial charge in [-0.05, 0) is 17.7 Å². The summed E-state index contributed by atoms with van der Waals surface area (Å²) in [5, 5.41) is 11.4. The Bertz CT molecular complexity index is 1380. The molecule has 0 radical (unpaired) electrons. The van der Waals surface area contributed by atoms with Crippen molar-refractivity contribution in [3.05, 3.63) is 89.7 Å². The van der Waals surface area contributed by atoms with Gasteiger partial charge in [0.25, 0.3) is 0 Å². The van der Waals surface area contributed by atoms with Crippen LogP contribution in [0.5, 0.6) is 0 Å². The lowest BCUT2D eigenvalue weighted by Crippen LogP contribution is -2.53. The van der Waals surface area contributed by atoms with Gasteiger partial charge in [-0.15, -0.1) is 11.5 Å². The predicted molar refractivity (Wildman–Crippen MR) is 137 cm³/mol. The molecule has 2 aromatic heterocycles. The van der Waals surface area contributed by atoms with Crippen LogP contribution in [-0.2, 0) is 11.2 Å². The van der Waals surface area contributed by atoms with Crippen LogP contribution in [0.1, 0.15) is 21.6 Å². The molecule has 0 amide bonds. The Balaban J connectivity index is 1.41. The number of piperazine rings is 1. The molecule has 1 aliphatic rings. The molecule has 1 fully saturated rings. The number of benzene rings is 2. The Labute approximate surface area is 204 Å². The van der Waals surface area contributed by atoms with Crippen LogP contribution < -0.4 is 9.80 Å². The van der Waals surface area contributed by atoms with Crippen molar-refractivity contribution >= 4 is 28.4 Å². The van der Waals surface area contributed by atoms with Crippen LogP contribution in [0.4, 0.5) is 11.6 Å². The molecule has 1 saturated heterocycles. The van der Waals surface area contributed by atoms with Crippen LogP contribution in [0.25, 0.3) is 10.8 Å². The highest BCUT2D eigenvalue weighted by atomic mass is 16.5. The van der Waals surface area contributed by atoms with Gasteiger partial charge in [0, 0.05) is 36.5 Å². The van der Waals surface area contributed by atoms with Crippen molar-refractivity contribution in [3.8, 4) is 12.3 Å². The molecule has 0 spiro atoms. The average Bonchev–Trinajstić information content (AvgIpc) is 2.93. The third-order valence-corrected chi connectivity index (χ3v) is 6.30. The molecule has 174 valence electrons. The van der Waals surface area contributed by atoms with Gasteiger partial charge in [-0.2, -0.15) is 5.10 Å². The molecule has 7 heteroatoms. The molecule has 3 heterocycles. The quantitative estimate of drug-likeness (QED) is 0.330. The number of ether oxygens (including phenoxy) is 1. The van der Waals surface area contributed by atoms with Crippen molar-refractivity contribution in [2.45, 2.75) is 12.5 Å². The third kappa shape index (κ3) is 4.51. The number of nitrogens with zero attached hydrogens (tertiary/aromatic N) is 5. The normalized spacial score (nSPS) is 15.6. The van der Waals surface area contributed by atoms with Gasteiger partial charge in [0.1, 0.15) is 11.9 Å². The van der Waals surface area contributed by atoms with Crippen LogP contribution >= 0.6 is 0 Å². The van der Waals surface area contributed by atoms with E-state index in [9.17, 15) is 4.79 Å². The molecule has 0 N–H and O–H groups in total. The van der Waals surface area contributed by atoms with E-state index in [1.54, 1.807) is 6.07 Å². The first-order chi connectivity index (χ1) is 17.2. The topological polar surface area (TPSA) is 71.5 Å². The Morgan fingerprint density at radius 3 is 2.51 bits per heavy atom. The number of methoxy groups -OCH3 is 1. The minimum Gasteiger partial charge on any atom is -0.465 e. The standard InChI is InChI=1S/C28H25N5O2/c1-3-22-19-32(26-14-13-21(18-29-26)28(34)35-2)15-16-33(22)27-24-12-8-7-11-23(24)25(30-31-27)17-20-9-5-4-6-10-20/h1,4-14,18,22H,15-17,19H2,2H3/t22-/m0/s1. The van der Waals surface area contributed by atoms with E-state index < -0.39 is 5.97 Å². The van der Waals surface area contributed by atoms with E-state index >= 15 is 0 Å². The van der Waals surface area contributed by atoms with Gasteiger partial charge in [-0.25, -0.2) is 9.78 Å². The second kappa shape index (κ2) is 9.82. The number of rotatable bonds is 5. The molecule has 0 bridgehead atoms. The van der Waals surface area contributed by atoms with Crippen molar-refractivity contribution in [3.63, 3.8) is 0 Å². The molecule has 0 unspecified atom stereocenters. The molecule has 2 aromatic carbocycles. The van der Waals surface area contributed by atoms with Crippen LogP contribution in [0, 0.1) is 12.3 Å². The fourth-order valence-electron chi connectivity index (χ4n) is 4.48. The molecule has 1 atom stereocenters. The smallest absolute Gasteiger partial charge is 0.339 e. The highest BCUT2D eigenvalue weighted by molar-refractivity contribution is 5.94. The monoisotopic (exact) mass is 463 g/mol. The first-order valence-corrected chi connectivity index (χ1v) is 11.5. The molecule has 0 saturated carbocycles. The highest BCUT2D eigenvalue weighted by Gasteiger charge is 2.29. The summed E-state index contributed by atoms with van der Waals surface area (Å²) >= 11 is 0. The summed E-state index contributed by atoms with van der Waals surface area (Å²) in [5.41, 5.74) is 2.56. The summed E-state index contributed by atoms with van der Waals surface area (Å²) in [6.07, 6.45) is 8.23. The number of carbonyl (C=O) groups is 1. The number of aromatic nitrogens is 3. The lowest BCUT2D eigenvalue weighted by molar-refractivity contribution is 0.0600. The number of hydrogen-bond acceptors (Lipinski definition) is 7. The van der Waals surface area contributed by atoms with Gasteiger partial charge in [-0.3, -0.25) is 0 Å². The second-order valence-electron chi connectivity index (χ2n) is 8.40. The van der Waals surface area contributed by atoms with Gasteiger partial charge in [0.2, 0.25) is 0 Å². The lowest BCUT2D eigenvalue weighted by Gasteiger charge is -2.40. The molecular formula is C28H25N5O2. The number of fused-ring (bicyclic) bond motifs is 1. The van der Waals surface area contributed by atoms with Crippen LogP contribution in [-0.4, -0.2) is 53.9 Å². The van der Waals surface area contributed by atoms with E-state index in [2.05, 4.69) is 55.2 Å². The summed E-state index contributed by atoms with van der Waals surface area (Å²) in [6.45, 7) is 1.97. The summed E-state index contributed by atoms with van der Waals surface area (Å²) < 4.78 is 4.76. The van der Waals surface area contributed by atoms with Gasteiger partial charge in [0.15, 0.2) is 5.82 Å². The van der Waals surface area contributed by atoms with E-state index in [0.717, 1.165) is 28.1 Å². The Hall–Kier alpha value is -4.44. The van der Waals surface area contributed by atoms with E-state index in [4.69, 9.17) is 11.2 Å². The Morgan fingerprint density at radius 1 is 1.03 bits per heavy atom. The van der Waals surface area contributed by atoms with E-state index in [1.165, 1.54) is 18.9 Å². The fourth-order valence-corrected chi connectivity index (χ4v) is 4.48. The SMILES string of the molecule is C#C[C@H]1CN(c2ccc(C(=O)OC)cn2)CCN1c1nnc(Cc2ccccc2)c2ccccc12. The van der Waals surface area contributed by atoms with Crippen LogP contribution in [0.3, 0.4) is 0 Å². The van der Waals surface area contributed by atoms with E-state index in [1.807, 2.05) is 36.4 Å². The highest BCUT2D eigenvalue weighted by Crippen LogP contribution is 2.30. The summed E-state index contributed by atoms with van der Waals surface area (Å²) in [4.78, 5) is 20.4. The number of hydrogen-bond donors (Lipinski definition) is 0. The number of anilines is 2.